The highest BCUT2D eigenvalue weighted by Gasteiger charge is 2.32. The predicted octanol–water partition coefficient (Wildman–Crippen LogP) is 3.06. The summed E-state index contributed by atoms with van der Waals surface area (Å²) in [6.07, 6.45) is 0. The molecule has 1 amide bonds. The van der Waals surface area contributed by atoms with E-state index in [1.807, 2.05) is 31.2 Å². The van der Waals surface area contributed by atoms with Crippen molar-refractivity contribution in [3.8, 4) is 0 Å². The van der Waals surface area contributed by atoms with Crippen LogP contribution in [0.3, 0.4) is 0 Å². The van der Waals surface area contributed by atoms with Crippen molar-refractivity contribution in [2.75, 3.05) is 0 Å². The molecule has 5 heteroatoms. The molecule has 0 N–H and O–H groups in total. The molecule has 0 aliphatic carbocycles. The van der Waals surface area contributed by atoms with Crippen molar-refractivity contribution in [1.82, 2.24) is 4.90 Å². The summed E-state index contributed by atoms with van der Waals surface area (Å²) in [4.78, 5) is 24.6. The lowest BCUT2D eigenvalue weighted by Crippen LogP contribution is -2.23. The van der Waals surface area contributed by atoms with Crippen molar-refractivity contribution in [3.05, 3.63) is 74.8 Å². The van der Waals surface area contributed by atoms with Crippen LogP contribution in [0.25, 0.3) is 0 Å². The number of benzene rings is 2. The minimum atomic E-state index is -0.428. The SMILES string of the molecule is Cc1cccc(CN2Cc3c(cccc3[N+](=O)[O-])C2=O)c1. The number of carbonyl (C=O) groups is 1. The molecule has 106 valence electrons. The molecular weight excluding hydrogens is 268 g/mol. The number of rotatable bonds is 3. The fraction of sp³-hybridized carbons (Fsp3) is 0.188. The number of nitrogens with zero attached hydrogens (tertiary/aromatic N) is 2. The van der Waals surface area contributed by atoms with Crippen LogP contribution in [0.4, 0.5) is 5.69 Å². The van der Waals surface area contributed by atoms with E-state index >= 15 is 0 Å². The van der Waals surface area contributed by atoms with Crippen LogP contribution in [0.2, 0.25) is 0 Å². The Kier molecular flexibility index (Phi) is 3.17. The third-order valence-corrected chi connectivity index (χ3v) is 3.67. The number of hydrogen-bond acceptors (Lipinski definition) is 3. The number of aryl methyl sites for hydroxylation is 1. The van der Waals surface area contributed by atoms with E-state index in [1.54, 1.807) is 17.0 Å². The molecule has 3 rings (SSSR count). The largest absolute Gasteiger partial charge is 0.330 e. The molecule has 0 radical (unpaired) electrons. The Morgan fingerprint density at radius 1 is 1.24 bits per heavy atom. The summed E-state index contributed by atoms with van der Waals surface area (Å²) in [6, 6.07) is 12.6. The first-order valence-corrected chi connectivity index (χ1v) is 6.67. The molecule has 1 heterocycles. The minimum Gasteiger partial charge on any atom is -0.330 e. The molecule has 0 fully saturated rings. The fourth-order valence-corrected chi connectivity index (χ4v) is 2.70. The van der Waals surface area contributed by atoms with E-state index in [0.717, 1.165) is 11.1 Å². The first kappa shape index (κ1) is 13.3. The first-order chi connectivity index (χ1) is 10.1. The van der Waals surface area contributed by atoms with E-state index in [1.165, 1.54) is 6.07 Å². The minimum absolute atomic E-state index is 0.0209. The van der Waals surface area contributed by atoms with Gasteiger partial charge in [-0.15, -0.1) is 0 Å². The molecule has 1 aliphatic rings. The van der Waals surface area contributed by atoms with Gasteiger partial charge in [-0.3, -0.25) is 14.9 Å². The van der Waals surface area contributed by atoms with Gasteiger partial charge in [-0.2, -0.15) is 0 Å². The van der Waals surface area contributed by atoms with Gasteiger partial charge < -0.3 is 4.90 Å². The van der Waals surface area contributed by atoms with Gasteiger partial charge in [-0.25, -0.2) is 0 Å². The van der Waals surface area contributed by atoms with E-state index in [2.05, 4.69) is 0 Å². The van der Waals surface area contributed by atoms with Gasteiger partial charge in [0.1, 0.15) is 0 Å². The van der Waals surface area contributed by atoms with Crippen LogP contribution in [0.15, 0.2) is 42.5 Å². The van der Waals surface area contributed by atoms with Crippen molar-refractivity contribution >= 4 is 11.6 Å². The smallest absolute Gasteiger partial charge is 0.275 e. The van der Waals surface area contributed by atoms with Gasteiger partial charge in [0.2, 0.25) is 0 Å². The molecule has 0 spiro atoms. The van der Waals surface area contributed by atoms with Gasteiger partial charge in [-0.05, 0) is 18.6 Å². The lowest BCUT2D eigenvalue weighted by Gasteiger charge is -2.15. The third-order valence-electron chi connectivity index (χ3n) is 3.67. The summed E-state index contributed by atoms with van der Waals surface area (Å²) in [5, 5.41) is 11.1. The third kappa shape index (κ3) is 2.38. The monoisotopic (exact) mass is 282 g/mol. The van der Waals surface area contributed by atoms with Crippen molar-refractivity contribution < 1.29 is 9.72 Å². The lowest BCUT2D eigenvalue weighted by molar-refractivity contribution is -0.385. The van der Waals surface area contributed by atoms with Crippen LogP contribution < -0.4 is 0 Å². The number of nitro benzene ring substituents is 1. The van der Waals surface area contributed by atoms with E-state index < -0.39 is 4.92 Å². The second-order valence-electron chi connectivity index (χ2n) is 5.21. The van der Waals surface area contributed by atoms with E-state index in [-0.39, 0.29) is 11.6 Å². The highest BCUT2D eigenvalue weighted by atomic mass is 16.6. The molecule has 0 aromatic heterocycles. The molecule has 0 atom stereocenters. The van der Waals surface area contributed by atoms with Crippen LogP contribution in [0.1, 0.15) is 27.0 Å². The highest BCUT2D eigenvalue weighted by Crippen LogP contribution is 2.31. The maximum atomic E-state index is 12.4. The Bertz CT molecular complexity index is 740. The fourth-order valence-electron chi connectivity index (χ4n) is 2.70. The molecule has 0 bridgehead atoms. The van der Waals surface area contributed by atoms with Crippen LogP contribution in [0, 0.1) is 17.0 Å². The molecule has 0 unspecified atom stereocenters. The van der Waals surface area contributed by atoms with Crippen LogP contribution in [-0.4, -0.2) is 15.7 Å². The van der Waals surface area contributed by atoms with Gasteiger partial charge >= 0.3 is 0 Å². The number of fused-ring (bicyclic) bond motifs is 1. The maximum Gasteiger partial charge on any atom is 0.275 e. The van der Waals surface area contributed by atoms with Gasteiger partial charge in [0, 0.05) is 12.6 Å². The first-order valence-electron chi connectivity index (χ1n) is 6.67. The van der Waals surface area contributed by atoms with Gasteiger partial charge in [0.25, 0.3) is 11.6 Å². The van der Waals surface area contributed by atoms with Crippen molar-refractivity contribution in [2.45, 2.75) is 20.0 Å². The molecular formula is C16H14N2O3. The number of carbonyl (C=O) groups excluding carboxylic acids is 1. The summed E-state index contributed by atoms with van der Waals surface area (Å²) in [5.41, 5.74) is 3.13. The highest BCUT2D eigenvalue weighted by molar-refractivity contribution is 5.99. The Morgan fingerprint density at radius 2 is 2.00 bits per heavy atom. The van der Waals surface area contributed by atoms with Crippen LogP contribution in [-0.2, 0) is 13.1 Å². The molecule has 2 aromatic rings. The van der Waals surface area contributed by atoms with Gasteiger partial charge in [-0.1, -0.05) is 35.9 Å². The van der Waals surface area contributed by atoms with Crippen molar-refractivity contribution in [2.24, 2.45) is 0 Å². The average molecular weight is 282 g/mol. The summed E-state index contributed by atoms with van der Waals surface area (Å²) < 4.78 is 0. The summed E-state index contributed by atoms with van der Waals surface area (Å²) >= 11 is 0. The van der Waals surface area contributed by atoms with Crippen molar-refractivity contribution in [3.63, 3.8) is 0 Å². The average Bonchev–Trinajstić information content (AvgIpc) is 2.75. The van der Waals surface area contributed by atoms with E-state index in [9.17, 15) is 14.9 Å². The van der Waals surface area contributed by atoms with Gasteiger partial charge in [0.15, 0.2) is 0 Å². The number of hydrogen-bond donors (Lipinski definition) is 0. The Morgan fingerprint density at radius 3 is 2.71 bits per heavy atom. The van der Waals surface area contributed by atoms with E-state index in [0.29, 0.717) is 24.2 Å². The maximum absolute atomic E-state index is 12.4. The van der Waals surface area contributed by atoms with Crippen LogP contribution >= 0.6 is 0 Å². The molecule has 21 heavy (non-hydrogen) atoms. The summed E-state index contributed by atoms with van der Waals surface area (Å²) in [6.45, 7) is 2.75. The van der Waals surface area contributed by atoms with E-state index in [4.69, 9.17) is 0 Å². The molecule has 0 saturated carbocycles. The normalized spacial score (nSPS) is 13.4. The Balaban J connectivity index is 1.90. The summed E-state index contributed by atoms with van der Waals surface area (Å²) in [5.74, 6) is -0.143. The van der Waals surface area contributed by atoms with Gasteiger partial charge in [0.05, 0.1) is 22.6 Å². The number of nitro groups is 1. The molecule has 0 saturated heterocycles. The zero-order valence-electron chi connectivity index (χ0n) is 11.6. The topological polar surface area (TPSA) is 63.4 Å². The lowest BCUT2D eigenvalue weighted by atomic mass is 10.1. The number of amides is 1. The van der Waals surface area contributed by atoms with Crippen molar-refractivity contribution in [1.29, 1.82) is 0 Å². The second-order valence-corrected chi connectivity index (χ2v) is 5.21. The molecule has 5 nitrogen and oxygen atoms in total. The Hall–Kier alpha value is -2.69. The predicted molar refractivity (Wildman–Crippen MR) is 77.9 cm³/mol. The Labute approximate surface area is 122 Å². The summed E-state index contributed by atoms with van der Waals surface area (Å²) in [7, 11) is 0. The zero-order chi connectivity index (χ0) is 15.0. The van der Waals surface area contributed by atoms with Crippen LogP contribution in [0.5, 0.6) is 0 Å². The molecule has 1 aliphatic heterocycles. The quantitative estimate of drug-likeness (QED) is 0.642. The standard InChI is InChI=1S/C16H14N2O3/c1-11-4-2-5-12(8-11)9-17-10-14-13(16(17)19)6-3-7-15(14)18(20)21/h2-8H,9-10H2,1H3. The molecule has 2 aromatic carbocycles. The second kappa shape index (κ2) is 5.01. The zero-order valence-corrected chi connectivity index (χ0v) is 11.6.